The molecular formula is C30H32N4O3S. The first-order chi connectivity index (χ1) is 18.3. The van der Waals surface area contributed by atoms with Gasteiger partial charge in [-0.3, -0.25) is 14.2 Å². The summed E-state index contributed by atoms with van der Waals surface area (Å²) in [4.78, 5) is 35.8. The van der Waals surface area contributed by atoms with Crippen LogP contribution in [0.25, 0.3) is 22.1 Å². The summed E-state index contributed by atoms with van der Waals surface area (Å²) < 4.78 is 7.68. The second kappa shape index (κ2) is 10.6. The lowest BCUT2D eigenvalue weighted by Crippen LogP contribution is -2.43. The Balaban J connectivity index is 1.75. The molecule has 5 rings (SSSR count). The van der Waals surface area contributed by atoms with Crippen LogP contribution < -0.4 is 11.3 Å². The van der Waals surface area contributed by atoms with Gasteiger partial charge in [0, 0.05) is 28.9 Å². The number of benzene rings is 2. The molecule has 8 heteroatoms. The molecule has 0 bridgehead atoms. The van der Waals surface area contributed by atoms with E-state index in [0.29, 0.717) is 35.6 Å². The van der Waals surface area contributed by atoms with Crippen LogP contribution in [0.15, 0.2) is 69.2 Å². The van der Waals surface area contributed by atoms with Crippen LogP contribution in [-0.4, -0.2) is 33.4 Å². The Bertz CT molecular complexity index is 1660. The molecule has 7 nitrogen and oxygen atoms in total. The van der Waals surface area contributed by atoms with Crippen LogP contribution >= 0.6 is 11.3 Å². The maximum absolute atomic E-state index is 14.0. The van der Waals surface area contributed by atoms with Crippen LogP contribution in [0.5, 0.6) is 0 Å². The average molecular weight is 529 g/mol. The van der Waals surface area contributed by atoms with Crippen molar-refractivity contribution < 1.29 is 9.21 Å². The van der Waals surface area contributed by atoms with E-state index < -0.39 is 6.04 Å². The van der Waals surface area contributed by atoms with Gasteiger partial charge in [-0.25, -0.2) is 4.98 Å². The zero-order valence-electron chi connectivity index (χ0n) is 22.1. The summed E-state index contributed by atoms with van der Waals surface area (Å²) in [5.41, 5.74) is 9.91. The van der Waals surface area contributed by atoms with E-state index in [1.165, 1.54) is 0 Å². The highest BCUT2D eigenvalue weighted by Crippen LogP contribution is 2.32. The predicted molar refractivity (Wildman–Crippen MR) is 153 cm³/mol. The van der Waals surface area contributed by atoms with E-state index in [1.807, 2.05) is 76.2 Å². The fraction of sp³-hybridized carbons (Fsp3) is 0.300. The zero-order valence-corrected chi connectivity index (χ0v) is 22.9. The molecule has 0 aliphatic carbocycles. The Hall–Kier alpha value is -3.75. The fourth-order valence-corrected chi connectivity index (χ4v) is 5.83. The molecule has 1 amide bonds. The predicted octanol–water partition coefficient (Wildman–Crippen LogP) is 5.67. The fourth-order valence-electron chi connectivity index (χ4n) is 4.96. The number of furan rings is 1. The van der Waals surface area contributed by atoms with Crippen LogP contribution in [0, 0.1) is 19.8 Å². The lowest BCUT2D eigenvalue weighted by Gasteiger charge is -2.35. The largest absolute Gasteiger partial charge is 0.448 e. The molecule has 0 radical (unpaired) electrons. The zero-order chi connectivity index (χ0) is 27.0. The Morgan fingerprint density at radius 1 is 1.11 bits per heavy atom. The minimum absolute atomic E-state index is 0.0465. The quantitative estimate of drug-likeness (QED) is 0.280. The van der Waals surface area contributed by atoms with Crippen molar-refractivity contribution in [2.75, 3.05) is 13.1 Å². The third-order valence-corrected chi connectivity index (χ3v) is 7.81. The van der Waals surface area contributed by atoms with Gasteiger partial charge in [-0.1, -0.05) is 43.7 Å². The smallest absolute Gasteiger partial charge is 0.297 e. The summed E-state index contributed by atoms with van der Waals surface area (Å²) >= 11 is 1.60. The molecule has 0 fully saturated rings. The molecular weight excluding hydrogens is 496 g/mol. The van der Waals surface area contributed by atoms with Gasteiger partial charge in [0.15, 0.2) is 0 Å². The number of hydrogen-bond donors (Lipinski definition) is 1. The van der Waals surface area contributed by atoms with Crippen molar-refractivity contribution in [3.63, 3.8) is 0 Å². The highest BCUT2D eigenvalue weighted by Gasteiger charge is 2.33. The normalized spacial score (nSPS) is 12.5. The Morgan fingerprint density at radius 2 is 1.84 bits per heavy atom. The first-order valence-electron chi connectivity index (χ1n) is 12.8. The number of amides is 1. The maximum Gasteiger partial charge on any atom is 0.297 e. The monoisotopic (exact) mass is 528 g/mol. The lowest BCUT2D eigenvalue weighted by molar-refractivity contribution is 0.0612. The summed E-state index contributed by atoms with van der Waals surface area (Å²) in [7, 11) is 0. The molecule has 0 aliphatic heterocycles. The number of nitrogens with zero attached hydrogens (tertiary/aromatic N) is 3. The first-order valence-corrected chi connectivity index (χ1v) is 13.7. The number of aryl methyl sites for hydroxylation is 2. The second-order valence-electron chi connectivity index (χ2n) is 10.1. The van der Waals surface area contributed by atoms with Gasteiger partial charge < -0.3 is 15.1 Å². The first kappa shape index (κ1) is 25.9. The molecule has 0 saturated heterocycles. The van der Waals surface area contributed by atoms with Crippen molar-refractivity contribution in [1.82, 2.24) is 14.5 Å². The molecule has 0 spiro atoms. The van der Waals surface area contributed by atoms with Gasteiger partial charge in [0.25, 0.3) is 11.5 Å². The molecule has 1 unspecified atom stereocenters. The molecule has 2 aromatic carbocycles. The van der Waals surface area contributed by atoms with E-state index >= 15 is 0 Å². The van der Waals surface area contributed by atoms with E-state index in [4.69, 9.17) is 15.1 Å². The van der Waals surface area contributed by atoms with Gasteiger partial charge in [-0.2, -0.15) is 0 Å². The molecule has 196 valence electrons. The number of rotatable bonds is 8. The summed E-state index contributed by atoms with van der Waals surface area (Å²) in [6, 6.07) is 16.6. The topological polar surface area (TPSA) is 94.4 Å². The van der Waals surface area contributed by atoms with Gasteiger partial charge in [0.2, 0.25) is 5.58 Å². The van der Waals surface area contributed by atoms with E-state index in [0.717, 1.165) is 21.4 Å². The minimum Gasteiger partial charge on any atom is -0.448 e. The number of nitrogens with two attached hydrogens (primary N) is 1. The maximum atomic E-state index is 14.0. The van der Waals surface area contributed by atoms with Gasteiger partial charge in [0.1, 0.15) is 16.9 Å². The molecule has 5 aromatic rings. The summed E-state index contributed by atoms with van der Waals surface area (Å²) in [5.74, 6) is 0.345. The SMILES string of the molecule is Cc1ccc(C(=O)N(CCN)C(c2nc3c(oc4ccccc43)c(=O)n2Cc2cc(C)cs2)C(C)C)cc1. The minimum atomic E-state index is -0.487. The molecule has 3 aromatic heterocycles. The van der Waals surface area contributed by atoms with E-state index in [2.05, 4.69) is 11.4 Å². The molecule has 3 heterocycles. The van der Waals surface area contributed by atoms with Crippen molar-refractivity contribution in [3.05, 3.63) is 97.7 Å². The number of carbonyl (C=O) groups excluding carboxylic acids is 1. The number of aromatic nitrogens is 2. The molecule has 0 saturated carbocycles. The Labute approximate surface area is 225 Å². The number of para-hydroxylation sites is 1. The third-order valence-electron chi connectivity index (χ3n) is 6.77. The summed E-state index contributed by atoms with van der Waals surface area (Å²) in [5, 5.41) is 2.84. The Morgan fingerprint density at radius 3 is 2.50 bits per heavy atom. The molecule has 1 atom stereocenters. The molecule has 38 heavy (non-hydrogen) atoms. The summed E-state index contributed by atoms with van der Waals surface area (Å²) in [6.07, 6.45) is 0. The second-order valence-corrected chi connectivity index (χ2v) is 11.1. The van der Waals surface area contributed by atoms with Crippen molar-refractivity contribution in [3.8, 4) is 0 Å². The van der Waals surface area contributed by atoms with Gasteiger partial charge >= 0.3 is 0 Å². The van der Waals surface area contributed by atoms with Crippen LogP contribution in [0.2, 0.25) is 0 Å². The number of fused-ring (bicyclic) bond motifs is 3. The van der Waals surface area contributed by atoms with Gasteiger partial charge in [0.05, 0.1) is 12.6 Å². The number of carbonyl (C=O) groups is 1. The van der Waals surface area contributed by atoms with Gasteiger partial charge in [-0.15, -0.1) is 11.3 Å². The van der Waals surface area contributed by atoms with Crippen molar-refractivity contribution in [2.24, 2.45) is 11.7 Å². The highest BCUT2D eigenvalue weighted by atomic mass is 32.1. The van der Waals surface area contributed by atoms with Crippen molar-refractivity contribution >= 4 is 39.3 Å². The van der Waals surface area contributed by atoms with Crippen molar-refractivity contribution in [1.29, 1.82) is 0 Å². The van der Waals surface area contributed by atoms with Crippen LogP contribution in [0.3, 0.4) is 0 Å². The standard InChI is InChI=1S/C30H32N4O3S/c1-18(2)26(33(14-13-31)29(35)21-11-9-19(3)10-12-21)28-32-25-23-7-5-6-8-24(23)37-27(25)30(36)34(28)16-22-15-20(4)17-38-22/h5-12,15,17-18,26H,13-14,16,31H2,1-4H3. The molecule has 0 aliphatic rings. The number of thiophene rings is 1. The lowest BCUT2D eigenvalue weighted by atomic mass is 9.99. The van der Waals surface area contributed by atoms with E-state index in [1.54, 1.807) is 20.8 Å². The Kier molecular flexibility index (Phi) is 7.19. The van der Waals surface area contributed by atoms with E-state index in [-0.39, 0.29) is 29.5 Å². The number of hydrogen-bond acceptors (Lipinski definition) is 6. The average Bonchev–Trinajstić information content (AvgIpc) is 3.49. The van der Waals surface area contributed by atoms with Gasteiger partial charge in [-0.05, 0) is 61.0 Å². The van der Waals surface area contributed by atoms with Crippen LogP contribution in [-0.2, 0) is 6.54 Å². The van der Waals surface area contributed by atoms with Crippen LogP contribution in [0.4, 0.5) is 0 Å². The van der Waals surface area contributed by atoms with Crippen molar-refractivity contribution in [2.45, 2.75) is 40.3 Å². The summed E-state index contributed by atoms with van der Waals surface area (Å²) in [6.45, 7) is 9.05. The molecule has 2 N–H and O–H groups in total. The third kappa shape index (κ3) is 4.77. The van der Waals surface area contributed by atoms with E-state index in [9.17, 15) is 9.59 Å². The highest BCUT2D eigenvalue weighted by molar-refractivity contribution is 7.10. The van der Waals surface area contributed by atoms with Crippen LogP contribution in [0.1, 0.15) is 52.1 Å².